The molecule has 0 saturated carbocycles. The van der Waals surface area contributed by atoms with Crippen molar-refractivity contribution in [3.8, 4) is 0 Å². The first-order valence-corrected chi connectivity index (χ1v) is 12.2. The first-order valence-electron chi connectivity index (χ1n) is 10.1. The number of nitrogens with zero attached hydrogens (tertiary/aromatic N) is 3. The Labute approximate surface area is 176 Å². The predicted octanol–water partition coefficient (Wildman–Crippen LogP) is 5.10. The lowest BCUT2D eigenvalue weighted by molar-refractivity contribution is 0.421. The Hall–Kier alpha value is -1.52. The standard InChI is InChI=1S/C22H33N4PS/c1-5-25(6-2)27(26(7-3)8-4,21-17-13-10-14-18-21)24-22(28)23-19-20-15-11-9-12-16-20/h9-18H,5-8,19H2,1-4H3,(H,23,28). The molecule has 6 heteroatoms. The SMILES string of the molecule is CCN(CC)P(=NC(=S)NCc1ccccc1)(c1ccccc1)N(CC)CC. The van der Waals surface area contributed by atoms with Gasteiger partial charge in [0.25, 0.3) is 0 Å². The second kappa shape index (κ2) is 11.5. The number of rotatable bonds is 9. The highest BCUT2D eigenvalue weighted by atomic mass is 32.1. The molecular weight excluding hydrogens is 383 g/mol. The van der Waals surface area contributed by atoms with Crippen LogP contribution in [0.4, 0.5) is 0 Å². The first kappa shape index (κ1) is 22.8. The van der Waals surface area contributed by atoms with E-state index in [0.29, 0.717) is 11.7 Å². The maximum absolute atomic E-state index is 5.73. The molecule has 28 heavy (non-hydrogen) atoms. The lowest BCUT2D eigenvalue weighted by Gasteiger charge is -2.43. The molecule has 0 unspecified atom stereocenters. The highest BCUT2D eigenvalue weighted by molar-refractivity contribution is 7.81. The minimum atomic E-state index is -2.16. The molecule has 2 aromatic carbocycles. The number of hydrogen-bond acceptors (Lipinski definition) is 1. The Morgan fingerprint density at radius 2 is 1.29 bits per heavy atom. The molecule has 2 aromatic rings. The van der Waals surface area contributed by atoms with Crippen molar-refractivity contribution in [3.63, 3.8) is 0 Å². The Kier molecular flexibility index (Phi) is 9.33. The van der Waals surface area contributed by atoms with Crippen LogP contribution in [0.5, 0.6) is 0 Å². The zero-order valence-electron chi connectivity index (χ0n) is 17.5. The van der Waals surface area contributed by atoms with Gasteiger partial charge in [-0.15, -0.1) is 0 Å². The second-order valence-corrected chi connectivity index (χ2v) is 9.80. The van der Waals surface area contributed by atoms with Crippen LogP contribution in [-0.4, -0.2) is 40.6 Å². The lowest BCUT2D eigenvalue weighted by Crippen LogP contribution is -2.38. The van der Waals surface area contributed by atoms with Crippen molar-refractivity contribution in [1.29, 1.82) is 0 Å². The summed E-state index contributed by atoms with van der Waals surface area (Å²) in [5.74, 6) is 0. The smallest absolute Gasteiger partial charge is 0.194 e. The van der Waals surface area contributed by atoms with Gasteiger partial charge in [-0.05, 0) is 17.8 Å². The Balaban J connectivity index is 2.51. The molecule has 0 amide bonds. The molecule has 0 saturated heterocycles. The molecule has 0 fully saturated rings. The minimum Gasteiger partial charge on any atom is -0.357 e. The van der Waals surface area contributed by atoms with Crippen molar-refractivity contribution in [3.05, 3.63) is 66.2 Å². The fourth-order valence-electron chi connectivity index (χ4n) is 3.49. The van der Waals surface area contributed by atoms with Gasteiger partial charge in [-0.25, -0.2) is 4.74 Å². The van der Waals surface area contributed by atoms with Crippen LogP contribution in [0.2, 0.25) is 0 Å². The van der Waals surface area contributed by atoms with E-state index in [4.69, 9.17) is 17.0 Å². The fraction of sp³-hybridized carbons (Fsp3) is 0.409. The van der Waals surface area contributed by atoms with Gasteiger partial charge in [0.2, 0.25) is 0 Å². The molecule has 0 radical (unpaired) electrons. The average molecular weight is 417 g/mol. The summed E-state index contributed by atoms with van der Waals surface area (Å²) < 4.78 is 10.2. The van der Waals surface area contributed by atoms with Crippen LogP contribution in [0.25, 0.3) is 0 Å². The Morgan fingerprint density at radius 3 is 1.75 bits per heavy atom. The van der Waals surface area contributed by atoms with E-state index >= 15 is 0 Å². The van der Waals surface area contributed by atoms with Crippen LogP contribution in [0.1, 0.15) is 33.3 Å². The zero-order valence-corrected chi connectivity index (χ0v) is 19.2. The second-order valence-electron chi connectivity index (χ2n) is 6.43. The third kappa shape index (κ3) is 5.30. The normalized spacial score (nSPS) is 11.6. The van der Waals surface area contributed by atoms with Crippen LogP contribution in [0, 0.1) is 0 Å². The van der Waals surface area contributed by atoms with Crippen molar-refractivity contribution in [2.45, 2.75) is 34.2 Å². The highest BCUT2D eigenvalue weighted by Gasteiger charge is 2.34. The monoisotopic (exact) mass is 416 g/mol. The Morgan fingerprint density at radius 1 is 0.821 bits per heavy atom. The molecule has 0 spiro atoms. The fourth-order valence-corrected chi connectivity index (χ4v) is 7.76. The summed E-state index contributed by atoms with van der Waals surface area (Å²) in [6.07, 6.45) is 0. The van der Waals surface area contributed by atoms with E-state index in [1.54, 1.807) is 0 Å². The van der Waals surface area contributed by atoms with Gasteiger partial charge in [0.15, 0.2) is 5.11 Å². The number of nitrogens with one attached hydrogen (secondary N) is 1. The molecule has 0 aliphatic heterocycles. The van der Waals surface area contributed by atoms with Crippen molar-refractivity contribution in [2.75, 3.05) is 26.2 Å². The summed E-state index contributed by atoms with van der Waals surface area (Å²) in [5, 5.41) is 5.21. The summed E-state index contributed by atoms with van der Waals surface area (Å²) in [5.41, 5.74) is 1.20. The lowest BCUT2D eigenvalue weighted by atomic mass is 10.2. The first-order chi connectivity index (χ1) is 13.6. The van der Waals surface area contributed by atoms with E-state index in [9.17, 15) is 0 Å². The van der Waals surface area contributed by atoms with Gasteiger partial charge in [-0.1, -0.05) is 88.4 Å². The molecule has 2 rings (SSSR count). The van der Waals surface area contributed by atoms with Crippen LogP contribution in [0.3, 0.4) is 0 Å². The number of benzene rings is 2. The molecule has 0 aromatic heterocycles. The number of thiocarbonyl (C=S) groups is 1. The molecule has 152 valence electrons. The van der Waals surface area contributed by atoms with E-state index in [0.717, 1.165) is 26.2 Å². The Bertz CT molecular complexity index is 756. The molecule has 0 atom stereocenters. The summed E-state index contributed by atoms with van der Waals surface area (Å²) in [7, 11) is -2.16. The van der Waals surface area contributed by atoms with Crippen molar-refractivity contribution >= 4 is 30.0 Å². The third-order valence-electron chi connectivity index (χ3n) is 4.87. The van der Waals surface area contributed by atoms with E-state index < -0.39 is 7.36 Å². The van der Waals surface area contributed by atoms with E-state index in [-0.39, 0.29) is 0 Å². The predicted molar refractivity (Wildman–Crippen MR) is 127 cm³/mol. The topological polar surface area (TPSA) is 30.9 Å². The minimum absolute atomic E-state index is 0.583. The van der Waals surface area contributed by atoms with Crippen molar-refractivity contribution in [1.82, 2.24) is 14.7 Å². The highest BCUT2D eigenvalue weighted by Crippen LogP contribution is 2.55. The zero-order chi connectivity index (χ0) is 20.4. The van der Waals surface area contributed by atoms with Gasteiger partial charge in [0, 0.05) is 38.0 Å². The van der Waals surface area contributed by atoms with Gasteiger partial charge >= 0.3 is 0 Å². The van der Waals surface area contributed by atoms with Gasteiger partial charge in [0.1, 0.15) is 7.36 Å². The van der Waals surface area contributed by atoms with E-state index in [1.165, 1.54) is 10.9 Å². The molecule has 0 bridgehead atoms. The van der Waals surface area contributed by atoms with Crippen LogP contribution < -0.4 is 10.6 Å². The van der Waals surface area contributed by atoms with Crippen molar-refractivity contribution < 1.29 is 0 Å². The third-order valence-corrected chi connectivity index (χ3v) is 9.42. The summed E-state index contributed by atoms with van der Waals surface area (Å²) in [4.78, 5) is 0. The average Bonchev–Trinajstić information content (AvgIpc) is 2.75. The molecule has 0 aliphatic carbocycles. The van der Waals surface area contributed by atoms with Gasteiger partial charge in [0.05, 0.1) is 0 Å². The van der Waals surface area contributed by atoms with Gasteiger partial charge < -0.3 is 5.32 Å². The van der Waals surface area contributed by atoms with Crippen molar-refractivity contribution in [2.24, 2.45) is 4.74 Å². The van der Waals surface area contributed by atoms with Gasteiger partial charge in [-0.3, -0.25) is 9.34 Å². The van der Waals surface area contributed by atoms with E-state index in [2.05, 4.69) is 84.8 Å². The largest absolute Gasteiger partial charge is 0.357 e. The molecular formula is C22H33N4PS. The number of hydrogen-bond donors (Lipinski definition) is 1. The van der Waals surface area contributed by atoms with Crippen LogP contribution in [0.15, 0.2) is 65.4 Å². The summed E-state index contributed by atoms with van der Waals surface area (Å²) in [6.45, 7) is 13.2. The van der Waals surface area contributed by atoms with Crippen LogP contribution >= 0.6 is 19.6 Å². The molecule has 4 nitrogen and oxygen atoms in total. The maximum atomic E-state index is 5.73. The van der Waals surface area contributed by atoms with Gasteiger partial charge in [-0.2, -0.15) is 0 Å². The van der Waals surface area contributed by atoms with Crippen LogP contribution in [-0.2, 0) is 6.54 Å². The summed E-state index contributed by atoms with van der Waals surface area (Å²) >= 11 is 5.73. The quantitative estimate of drug-likeness (QED) is 0.455. The van der Waals surface area contributed by atoms with E-state index in [1.807, 2.05) is 18.2 Å². The molecule has 0 aliphatic rings. The molecule has 1 N–H and O–H groups in total. The summed E-state index contributed by atoms with van der Waals surface area (Å²) in [6, 6.07) is 21.0. The maximum Gasteiger partial charge on any atom is 0.194 e. The molecule has 0 heterocycles.